The zero-order chi connectivity index (χ0) is 22.5. The van der Waals surface area contributed by atoms with E-state index >= 15 is 0 Å². The molecule has 2 aromatic carbocycles. The Morgan fingerprint density at radius 3 is 2.78 bits per heavy atom. The number of hydrogen-bond donors (Lipinski definition) is 0. The molecule has 0 aliphatic heterocycles. The van der Waals surface area contributed by atoms with Crippen LogP contribution >= 0.6 is 11.8 Å². The van der Waals surface area contributed by atoms with Gasteiger partial charge in [-0.25, -0.2) is 4.98 Å². The van der Waals surface area contributed by atoms with Crippen molar-refractivity contribution in [3.63, 3.8) is 0 Å². The fourth-order valence-electron chi connectivity index (χ4n) is 3.34. The fraction of sp³-hybridized carbons (Fsp3) is 0.333. The van der Waals surface area contributed by atoms with E-state index in [1.165, 1.54) is 11.8 Å². The third-order valence-electron chi connectivity index (χ3n) is 4.87. The topological polar surface area (TPSA) is 83.0 Å². The fourth-order valence-corrected chi connectivity index (χ4v) is 4.20. The molecule has 0 fully saturated rings. The summed E-state index contributed by atoms with van der Waals surface area (Å²) in [6.07, 6.45) is 0.888. The molecule has 0 amide bonds. The van der Waals surface area contributed by atoms with Crippen LogP contribution in [0.25, 0.3) is 22.3 Å². The van der Waals surface area contributed by atoms with Gasteiger partial charge in [0.05, 0.1) is 22.8 Å². The number of para-hydroxylation sites is 1. The number of ether oxygens (including phenoxy) is 1. The summed E-state index contributed by atoms with van der Waals surface area (Å²) in [6.45, 7) is 7.15. The van der Waals surface area contributed by atoms with Crippen molar-refractivity contribution in [2.75, 3.05) is 6.61 Å². The van der Waals surface area contributed by atoms with Crippen molar-refractivity contribution in [3.05, 3.63) is 70.3 Å². The Balaban J connectivity index is 1.55. The molecular formula is C24H26N4O3S. The highest BCUT2D eigenvalue weighted by Crippen LogP contribution is 2.24. The third-order valence-corrected chi connectivity index (χ3v) is 5.83. The third kappa shape index (κ3) is 5.26. The summed E-state index contributed by atoms with van der Waals surface area (Å²) < 4.78 is 12.8. The molecule has 4 rings (SSSR count). The lowest BCUT2D eigenvalue weighted by molar-refractivity contribution is 0.0743. The van der Waals surface area contributed by atoms with Crippen molar-refractivity contribution in [1.29, 1.82) is 0 Å². The molecule has 0 aliphatic rings. The van der Waals surface area contributed by atoms with E-state index in [4.69, 9.17) is 14.2 Å². The Hall–Kier alpha value is -2.97. The number of hydrogen-bond acceptors (Lipinski definition) is 7. The molecular weight excluding hydrogens is 424 g/mol. The van der Waals surface area contributed by atoms with Gasteiger partial charge in [0.2, 0.25) is 11.7 Å². The molecule has 0 spiro atoms. The molecule has 8 heteroatoms. The minimum Gasteiger partial charge on any atom is -0.379 e. The van der Waals surface area contributed by atoms with E-state index < -0.39 is 0 Å². The molecule has 0 N–H and O–H groups in total. The van der Waals surface area contributed by atoms with Crippen LogP contribution in [0.2, 0.25) is 0 Å². The molecule has 2 aromatic heterocycles. The largest absolute Gasteiger partial charge is 0.379 e. The predicted octanol–water partition coefficient (Wildman–Crippen LogP) is 4.86. The van der Waals surface area contributed by atoms with Gasteiger partial charge in [-0.15, -0.1) is 0 Å². The van der Waals surface area contributed by atoms with Crippen molar-refractivity contribution in [3.8, 4) is 11.4 Å². The molecule has 7 nitrogen and oxygen atoms in total. The van der Waals surface area contributed by atoms with Crippen LogP contribution in [-0.2, 0) is 17.0 Å². The lowest BCUT2D eigenvalue weighted by Gasteiger charge is -2.13. The zero-order valence-electron chi connectivity index (χ0n) is 18.4. The molecule has 0 aliphatic carbocycles. The Bertz CT molecular complexity index is 1270. The van der Waals surface area contributed by atoms with Gasteiger partial charge in [0, 0.05) is 18.7 Å². The van der Waals surface area contributed by atoms with Crippen LogP contribution in [0.3, 0.4) is 0 Å². The Morgan fingerprint density at radius 2 is 1.97 bits per heavy atom. The van der Waals surface area contributed by atoms with Crippen LogP contribution in [0.4, 0.5) is 0 Å². The number of aryl methyl sites for hydroxylation is 1. The quantitative estimate of drug-likeness (QED) is 0.204. The normalized spacial score (nSPS) is 11.5. The number of aromatic nitrogens is 4. The first-order valence-electron chi connectivity index (χ1n) is 10.6. The molecule has 2 heterocycles. The average Bonchev–Trinajstić information content (AvgIpc) is 3.26. The Labute approximate surface area is 190 Å². The predicted molar refractivity (Wildman–Crippen MR) is 126 cm³/mol. The maximum atomic E-state index is 13.1. The van der Waals surface area contributed by atoms with Crippen LogP contribution in [0.15, 0.2) is 63.0 Å². The SMILES string of the molecule is Cc1cccc(-c2noc(CSc3nc4ccccc4c(=O)n3CCCOC(C)C)n2)c1. The molecule has 0 atom stereocenters. The number of thioether (sulfide) groups is 1. The van der Waals surface area contributed by atoms with Crippen LogP contribution in [0, 0.1) is 6.92 Å². The molecule has 0 bridgehead atoms. The highest BCUT2D eigenvalue weighted by molar-refractivity contribution is 7.98. The smallest absolute Gasteiger partial charge is 0.262 e. The maximum Gasteiger partial charge on any atom is 0.262 e. The van der Waals surface area contributed by atoms with Crippen molar-refractivity contribution in [1.82, 2.24) is 19.7 Å². The minimum atomic E-state index is -0.0476. The zero-order valence-corrected chi connectivity index (χ0v) is 19.3. The summed E-state index contributed by atoms with van der Waals surface area (Å²) >= 11 is 1.42. The van der Waals surface area contributed by atoms with Gasteiger partial charge in [0.15, 0.2) is 5.16 Å². The van der Waals surface area contributed by atoms with Crippen LogP contribution < -0.4 is 5.56 Å². The van der Waals surface area contributed by atoms with Gasteiger partial charge in [0.1, 0.15) is 0 Å². The van der Waals surface area contributed by atoms with Crippen molar-refractivity contribution < 1.29 is 9.26 Å². The number of nitrogens with zero attached hydrogens (tertiary/aromatic N) is 4. The minimum absolute atomic E-state index is 0.0476. The first-order valence-corrected chi connectivity index (χ1v) is 11.6. The summed E-state index contributed by atoms with van der Waals surface area (Å²) in [7, 11) is 0. The van der Waals surface area contributed by atoms with E-state index in [0.29, 0.717) is 46.7 Å². The van der Waals surface area contributed by atoms with Gasteiger partial charge in [-0.1, -0.05) is 52.8 Å². The molecule has 32 heavy (non-hydrogen) atoms. The first-order chi connectivity index (χ1) is 15.5. The molecule has 4 aromatic rings. The Morgan fingerprint density at radius 1 is 1.12 bits per heavy atom. The molecule has 0 saturated heterocycles. The maximum absolute atomic E-state index is 13.1. The monoisotopic (exact) mass is 450 g/mol. The summed E-state index contributed by atoms with van der Waals surface area (Å²) in [6, 6.07) is 15.4. The van der Waals surface area contributed by atoms with Crippen molar-refractivity contribution in [2.24, 2.45) is 0 Å². The first kappa shape index (κ1) is 22.2. The highest BCUT2D eigenvalue weighted by atomic mass is 32.2. The average molecular weight is 451 g/mol. The van der Waals surface area contributed by atoms with Crippen molar-refractivity contribution in [2.45, 2.75) is 50.8 Å². The van der Waals surface area contributed by atoms with E-state index in [1.807, 2.05) is 69.3 Å². The summed E-state index contributed by atoms with van der Waals surface area (Å²) in [5.41, 5.74) is 2.68. The van der Waals surface area contributed by atoms with Gasteiger partial charge >= 0.3 is 0 Å². The highest BCUT2D eigenvalue weighted by Gasteiger charge is 2.14. The standard InChI is InChI=1S/C24H26N4O3S/c1-16(2)30-13-7-12-28-23(29)19-10-4-5-11-20(19)25-24(28)32-15-21-26-22(27-31-21)18-9-6-8-17(3)14-18/h4-6,8-11,14,16H,7,12-13,15H2,1-3H3. The van der Waals surface area contributed by atoms with Crippen LogP contribution in [0.1, 0.15) is 31.7 Å². The molecule has 0 radical (unpaired) electrons. The van der Waals surface area contributed by atoms with E-state index in [-0.39, 0.29) is 11.7 Å². The van der Waals surface area contributed by atoms with Gasteiger partial charge < -0.3 is 9.26 Å². The summed E-state index contributed by atoms with van der Waals surface area (Å²) in [5, 5.41) is 5.35. The number of fused-ring (bicyclic) bond motifs is 1. The summed E-state index contributed by atoms with van der Waals surface area (Å²) in [4.78, 5) is 22.4. The number of benzene rings is 2. The lowest BCUT2D eigenvalue weighted by atomic mass is 10.1. The van der Waals surface area contributed by atoms with E-state index in [2.05, 4.69) is 10.1 Å². The van der Waals surface area contributed by atoms with E-state index in [0.717, 1.165) is 17.5 Å². The van der Waals surface area contributed by atoms with Gasteiger partial charge in [-0.05, 0) is 45.4 Å². The molecule has 0 unspecified atom stereocenters. The van der Waals surface area contributed by atoms with Gasteiger partial charge in [-0.3, -0.25) is 9.36 Å². The van der Waals surface area contributed by atoms with Crippen molar-refractivity contribution >= 4 is 22.7 Å². The van der Waals surface area contributed by atoms with Crippen LogP contribution in [-0.4, -0.2) is 32.4 Å². The van der Waals surface area contributed by atoms with Crippen LogP contribution in [0.5, 0.6) is 0 Å². The molecule has 166 valence electrons. The second kappa shape index (κ2) is 10.1. The second-order valence-corrected chi connectivity index (χ2v) is 8.75. The lowest BCUT2D eigenvalue weighted by Crippen LogP contribution is -2.24. The summed E-state index contributed by atoms with van der Waals surface area (Å²) in [5.74, 6) is 1.47. The Kier molecular flexibility index (Phi) is 7.02. The second-order valence-electron chi connectivity index (χ2n) is 7.81. The van der Waals surface area contributed by atoms with E-state index in [1.54, 1.807) is 4.57 Å². The van der Waals surface area contributed by atoms with E-state index in [9.17, 15) is 4.79 Å². The molecule has 0 saturated carbocycles. The van der Waals surface area contributed by atoms with Gasteiger partial charge in [0.25, 0.3) is 5.56 Å². The number of rotatable bonds is 9. The van der Waals surface area contributed by atoms with Gasteiger partial charge in [-0.2, -0.15) is 4.98 Å².